The van der Waals surface area contributed by atoms with Gasteiger partial charge >= 0.3 is 6.18 Å². The van der Waals surface area contributed by atoms with Crippen molar-refractivity contribution in [2.45, 2.75) is 32.0 Å². The highest BCUT2D eigenvalue weighted by molar-refractivity contribution is 7.10. The molecule has 2 rings (SSSR count). The number of rotatable bonds is 1. The largest absolute Gasteiger partial charge is 0.392 e. The zero-order valence-corrected chi connectivity index (χ0v) is 8.92. The maximum Gasteiger partial charge on any atom is 0.392 e. The summed E-state index contributed by atoms with van der Waals surface area (Å²) in [4.78, 5) is 0.879. The van der Waals surface area contributed by atoms with Crippen molar-refractivity contribution in [2.24, 2.45) is 11.7 Å². The van der Waals surface area contributed by atoms with Gasteiger partial charge in [0.1, 0.15) is 0 Å². The molecule has 0 bridgehead atoms. The van der Waals surface area contributed by atoms with Gasteiger partial charge in [0, 0.05) is 11.4 Å². The van der Waals surface area contributed by atoms with Gasteiger partial charge in [0.25, 0.3) is 0 Å². The third-order valence-electron chi connectivity index (χ3n) is 2.93. The quantitative estimate of drug-likeness (QED) is 0.795. The summed E-state index contributed by atoms with van der Waals surface area (Å²) in [5.74, 6) is -1.16. The second-order valence-corrected chi connectivity index (χ2v) is 4.81. The van der Waals surface area contributed by atoms with Crippen molar-refractivity contribution in [1.82, 2.24) is 0 Å². The molecule has 1 nitrogen and oxygen atoms in total. The smallest absolute Gasteiger partial charge is 0.326 e. The van der Waals surface area contributed by atoms with Gasteiger partial charge in [-0.15, -0.1) is 11.3 Å². The van der Waals surface area contributed by atoms with Crippen molar-refractivity contribution < 1.29 is 13.2 Å². The van der Waals surface area contributed by atoms with E-state index in [0.29, 0.717) is 13.0 Å². The lowest BCUT2D eigenvalue weighted by molar-refractivity contribution is -0.176. The van der Waals surface area contributed by atoms with Crippen LogP contribution in [-0.4, -0.2) is 6.18 Å². The molecule has 1 aliphatic rings. The van der Waals surface area contributed by atoms with Crippen LogP contribution in [0.15, 0.2) is 5.38 Å². The zero-order valence-electron chi connectivity index (χ0n) is 8.10. The first-order valence-electron chi connectivity index (χ1n) is 4.87. The van der Waals surface area contributed by atoms with Gasteiger partial charge in [0.05, 0.1) is 5.92 Å². The molecule has 1 aromatic rings. The fraction of sp³-hybridized carbons (Fsp3) is 0.600. The predicted molar refractivity (Wildman–Crippen MR) is 53.8 cm³/mol. The van der Waals surface area contributed by atoms with E-state index in [4.69, 9.17) is 5.73 Å². The summed E-state index contributed by atoms with van der Waals surface area (Å²) in [6, 6.07) is 0. The highest BCUT2D eigenvalue weighted by Crippen LogP contribution is 2.40. The Hall–Kier alpha value is -0.550. The number of thiophene rings is 1. The summed E-state index contributed by atoms with van der Waals surface area (Å²) in [5.41, 5.74) is 7.62. The summed E-state index contributed by atoms with van der Waals surface area (Å²) in [6.07, 6.45) is -3.18. The molecular weight excluding hydrogens is 223 g/mol. The van der Waals surface area contributed by atoms with Crippen molar-refractivity contribution in [3.8, 4) is 0 Å². The first-order valence-corrected chi connectivity index (χ1v) is 5.75. The lowest BCUT2D eigenvalue weighted by Crippen LogP contribution is -2.28. The van der Waals surface area contributed by atoms with E-state index in [1.54, 1.807) is 0 Å². The van der Waals surface area contributed by atoms with Crippen LogP contribution in [0.4, 0.5) is 13.2 Å². The Morgan fingerprint density at radius 3 is 2.80 bits per heavy atom. The minimum atomic E-state index is -4.05. The van der Waals surface area contributed by atoms with Crippen molar-refractivity contribution in [2.75, 3.05) is 0 Å². The van der Waals surface area contributed by atoms with Crippen LogP contribution in [0.5, 0.6) is 0 Å². The summed E-state index contributed by atoms with van der Waals surface area (Å²) < 4.78 is 37.5. The molecule has 0 radical (unpaired) electrons. The average molecular weight is 235 g/mol. The van der Waals surface area contributed by atoms with E-state index in [-0.39, 0.29) is 12.8 Å². The SMILES string of the molecule is NCc1csc2c1CCC(C(F)(F)F)C2. The van der Waals surface area contributed by atoms with Gasteiger partial charge in [-0.3, -0.25) is 0 Å². The summed E-state index contributed by atoms with van der Waals surface area (Å²) in [5, 5.41) is 1.89. The minimum Gasteiger partial charge on any atom is -0.326 e. The normalized spacial score (nSPS) is 21.5. The molecule has 2 N–H and O–H groups in total. The van der Waals surface area contributed by atoms with Crippen molar-refractivity contribution in [1.29, 1.82) is 0 Å². The first-order chi connectivity index (χ1) is 7.02. The Kier molecular flexibility index (Phi) is 2.77. The van der Waals surface area contributed by atoms with Crippen LogP contribution in [0.1, 0.15) is 22.4 Å². The molecular formula is C10H12F3NS. The molecule has 84 valence electrons. The second kappa shape index (κ2) is 3.79. The molecule has 0 amide bonds. The van der Waals surface area contributed by atoms with Gasteiger partial charge in [0.2, 0.25) is 0 Å². The minimum absolute atomic E-state index is 0.142. The molecule has 0 aromatic carbocycles. The topological polar surface area (TPSA) is 26.0 Å². The molecule has 0 fully saturated rings. The van der Waals surface area contributed by atoms with Crippen LogP contribution in [0.25, 0.3) is 0 Å². The van der Waals surface area contributed by atoms with Gasteiger partial charge in [-0.05, 0) is 35.8 Å². The monoisotopic (exact) mass is 235 g/mol. The summed E-state index contributed by atoms with van der Waals surface area (Å²) >= 11 is 1.42. The maximum absolute atomic E-state index is 12.5. The fourth-order valence-electron chi connectivity index (χ4n) is 2.03. The van der Waals surface area contributed by atoms with E-state index in [9.17, 15) is 13.2 Å². The number of fused-ring (bicyclic) bond motifs is 1. The van der Waals surface area contributed by atoms with E-state index in [1.165, 1.54) is 11.3 Å². The molecule has 1 aromatic heterocycles. The fourth-order valence-corrected chi connectivity index (χ4v) is 3.23. The van der Waals surface area contributed by atoms with Gasteiger partial charge in [-0.25, -0.2) is 0 Å². The molecule has 1 heterocycles. The van der Waals surface area contributed by atoms with Crippen LogP contribution < -0.4 is 5.73 Å². The van der Waals surface area contributed by atoms with Gasteiger partial charge in [0.15, 0.2) is 0 Å². The Balaban J connectivity index is 2.21. The van der Waals surface area contributed by atoms with Crippen LogP contribution in [-0.2, 0) is 19.4 Å². The highest BCUT2D eigenvalue weighted by atomic mass is 32.1. The second-order valence-electron chi connectivity index (χ2n) is 3.85. The Morgan fingerprint density at radius 2 is 2.20 bits per heavy atom. The molecule has 0 saturated carbocycles. The molecule has 1 unspecified atom stereocenters. The molecule has 5 heteroatoms. The Labute approximate surface area is 90.1 Å². The van der Waals surface area contributed by atoms with E-state index in [2.05, 4.69) is 0 Å². The molecule has 15 heavy (non-hydrogen) atoms. The number of alkyl halides is 3. The van der Waals surface area contributed by atoms with Gasteiger partial charge in [-0.2, -0.15) is 13.2 Å². The molecule has 1 atom stereocenters. The third kappa shape index (κ3) is 2.03. The lowest BCUT2D eigenvalue weighted by atomic mass is 9.87. The van der Waals surface area contributed by atoms with Gasteiger partial charge in [-0.1, -0.05) is 0 Å². The Bertz CT molecular complexity index is 356. The van der Waals surface area contributed by atoms with Crippen molar-refractivity contribution >= 4 is 11.3 Å². The number of hydrogen-bond acceptors (Lipinski definition) is 2. The lowest BCUT2D eigenvalue weighted by Gasteiger charge is -2.24. The van der Waals surface area contributed by atoms with E-state index >= 15 is 0 Å². The van der Waals surface area contributed by atoms with Gasteiger partial charge < -0.3 is 5.73 Å². The molecule has 1 aliphatic carbocycles. The zero-order chi connectivity index (χ0) is 11.1. The van der Waals surface area contributed by atoms with E-state index in [1.807, 2.05) is 5.38 Å². The maximum atomic E-state index is 12.5. The van der Waals surface area contributed by atoms with Crippen LogP contribution in [0.2, 0.25) is 0 Å². The number of nitrogens with two attached hydrogens (primary N) is 1. The van der Waals surface area contributed by atoms with E-state index < -0.39 is 12.1 Å². The van der Waals surface area contributed by atoms with Crippen molar-refractivity contribution in [3.05, 3.63) is 21.4 Å². The average Bonchev–Trinajstić information content (AvgIpc) is 2.58. The van der Waals surface area contributed by atoms with Crippen LogP contribution in [0, 0.1) is 5.92 Å². The standard InChI is InChI=1S/C10H12F3NS/c11-10(12,13)7-1-2-8-6(4-14)5-15-9(8)3-7/h5,7H,1-4,14H2. The van der Waals surface area contributed by atoms with Crippen molar-refractivity contribution in [3.63, 3.8) is 0 Å². The predicted octanol–water partition coefficient (Wildman–Crippen LogP) is 2.87. The summed E-state index contributed by atoms with van der Waals surface area (Å²) in [6.45, 7) is 0.433. The highest BCUT2D eigenvalue weighted by Gasteiger charge is 2.41. The molecule has 0 saturated heterocycles. The molecule has 0 aliphatic heterocycles. The van der Waals surface area contributed by atoms with Crippen LogP contribution >= 0.6 is 11.3 Å². The molecule has 0 spiro atoms. The van der Waals surface area contributed by atoms with Crippen LogP contribution in [0.3, 0.4) is 0 Å². The third-order valence-corrected chi connectivity index (χ3v) is 4.03. The summed E-state index contributed by atoms with van der Waals surface area (Å²) in [7, 11) is 0. The Morgan fingerprint density at radius 1 is 1.47 bits per heavy atom. The number of hydrogen-bond donors (Lipinski definition) is 1. The first kappa shape index (κ1) is 11.0. The van der Waals surface area contributed by atoms with E-state index in [0.717, 1.165) is 16.0 Å². The number of halogens is 3.